The topological polar surface area (TPSA) is 30.0 Å². The smallest absolute Gasteiger partial charge is 0.289 e. The van der Waals surface area contributed by atoms with Gasteiger partial charge in [-0.15, -0.1) is 0 Å². The summed E-state index contributed by atoms with van der Waals surface area (Å²) in [6, 6.07) is 5.01. The summed E-state index contributed by atoms with van der Waals surface area (Å²) in [5, 5.41) is 0. The predicted molar refractivity (Wildman–Crippen MR) is 64.1 cm³/mol. The van der Waals surface area contributed by atoms with Crippen LogP contribution in [-0.2, 0) is 12.4 Å². The molecule has 22 heavy (non-hydrogen) atoms. The summed E-state index contributed by atoms with van der Waals surface area (Å²) < 4.78 is 75.6. The molecule has 0 aliphatic carbocycles. The third kappa shape index (κ3) is 3.26. The Morgan fingerprint density at radius 3 is 1.95 bits per heavy atom. The molecule has 0 aliphatic heterocycles. The van der Waals surface area contributed by atoms with Crippen molar-refractivity contribution >= 4 is 5.78 Å². The zero-order chi connectivity index (χ0) is 16.5. The maximum absolute atomic E-state index is 12.8. The second-order valence-electron chi connectivity index (χ2n) is 4.30. The SMILES string of the molecule is O=C(c1ccc(C(F)(F)F)cc1)c1cccnc1C(F)(F)F. The number of carbonyl (C=O) groups excluding carboxylic acids is 1. The molecule has 0 spiro atoms. The molecule has 0 radical (unpaired) electrons. The van der Waals surface area contributed by atoms with Crippen LogP contribution >= 0.6 is 0 Å². The molecule has 0 unspecified atom stereocenters. The molecule has 0 N–H and O–H groups in total. The number of alkyl halides is 6. The van der Waals surface area contributed by atoms with Gasteiger partial charge in [-0.3, -0.25) is 9.78 Å². The van der Waals surface area contributed by atoms with E-state index in [1.165, 1.54) is 0 Å². The molecule has 0 aliphatic rings. The maximum Gasteiger partial charge on any atom is 0.434 e. The van der Waals surface area contributed by atoms with Crippen molar-refractivity contribution in [3.8, 4) is 0 Å². The molecule has 2 nitrogen and oxygen atoms in total. The Morgan fingerprint density at radius 2 is 1.45 bits per heavy atom. The molecule has 8 heteroatoms. The number of benzene rings is 1. The van der Waals surface area contributed by atoms with E-state index in [9.17, 15) is 31.1 Å². The quantitative estimate of drug-likeness (QED) is 0.608. The lowest BCUT2D eigenvalue weighted by molar-refractivity contribution is -0.141. The Labute approximate surface area is 120 Å². The van der Waals surface area contributed by atoms with Crippen molar-refractivity contribution in [1.29, 1.82) is 0 Å². The average Bonchev–Trinajstić information content (AvgIpc) is 2.45. The van der Waals surface area contributed by atoms with E-state index in [1.807, 2.05) is 0 Å². The largest absolute Gasteiger partial charge is 0.434 e. The first kappa shape index (κ1) is 16.0. The van der Waals surface area contributed by atoms with Gasteiger partial charge in [-0.2, -0.15) is 26.3 Å². The molecule has 0 bridgehead atoms. The molecule has 2 aromatic rings. The highest BCUT2D eigenvalue weighted by molar-refractivity contribution is 6.09. The summed E-state index contributed by atoms with van der Waals surface area (Å²) in [6.07, 6.45) is -8.54. The molecule has 1 aromatic carbocycles. The zero-order valence-corrected chi connectivity index (χ0v) is 10.7. The minimum atomic E-state index is -4.84. The van der Waals surface area contributed by atoms with Gasteiger partial charge in [0.15, 0.2) is 11.5 Å². The first-order chi connectivity index (χ1) is 10.1. The molecule has 2 rings (SSSR count). The standard InChI is InChI=1S/C14H7F6NO/c15-13(16,17)9-5-3-8(4-6-9)11(22)10-2-1-7-21-12(10)14(18,19)20/h1-7H. The maximum atomic E-state index is 12.8. The van der Waals surface area contributed by atoms with Crippen LogP contribution in [0.1, 0.15) is 27.2 Å². The summed E-state index contributed by atoms with van der Waals surface area (Å²) in [4.78, 5) is 15.2. The first-order valence-electron chi connectivity index (χ1n) is 5.85. The van der Waals surface area contributed by atoms with Crippen molar-refractivity contribution < 1.29 is 31.1 Å². The minimum Gasteiger partial charge on any atom is -0.289 e. The van der Waals surface area contributed by atoms with E-state index in [1.54, 1.807) is 0 Å². The van der Waals surface area contributed by atoms with Crippen molar-refractivity contribution in [2.24, 2.45) is 0 Å². The highest BCUT2D eigenvalue weighted by atomic mass is 19.4. The second-order valence-corrected chi connectivity index (χ2v) is 4.30. The predicted octanol–water partition coefficient (Wildman–Crippen LogP) is 4.35. The van der Waals surface area contributed by atoms with Crippen LogP contribution in [-0.4, -0.2) is 10.8 Å². The van der Waals surface area contributed by atoms with Crippen molar-refractivity contribution in [3.05, 3.63) is 65.0 Å². The van der Waals surface area contributed by atoms with Crippen LogP contribution < -0.4 is 0 Å². The van der Waals surface area contributed by atoms with Crippen LogP contribution in [0.5, 0.6) is 0 Å². The molecule has 0 saturated heterocycles. The summed E-state index contributed by atoms with van der Waals surface area (Å²) in [5.74, 6) is -1.05. The van der Waals surface area contributed by atoms with E-state index >= 15 is 0 Å². The first-order valence-corrected chi connectivity index (χ1v) is 5.85. The van der Waals surface area contributed by atoms with Crippen LogP contribution in [0.2, 0.25) is 0 Å². The number of aromatic nitrogens is 1. The fourth-order valence-corrected chi connectivity index (χ4v) is 1.78. The highest BCUT2D eigenvalue weighted by Gasteiger charge is 2.37. The molecular formula is C14H7F6NO. The third-order valence-electron chi connectivity index (χ3n) is 2.80. The zero-order valence-electron chi connectivity index (χ0n) is 10.7. The Hall–Kier alpha value is -2.38. The number of ketones is 1. The third-order valence-corrected chi connectivity index (χ3v) is 2.80. The van der Waals surface area contributed by atoms with Crippen LogP contribution in [0.4, 0.5) is 26.3 Å². The number of hydrogen-bond donors (Lipinski definition) is 0. The van der Waals surface area contributed by atoms with Gasteiger partial charge in [-0.25, -0.2) is 0 Å². The van der Waals surface area contributed by atoms with Gasteiger partial charge in [0, 0.05) is 11.8 Å². The van der Waals surface area contributed by atoms with E-state index in [0.29, 0.717) is 12.1 Å². The van der Waals surface area contributed by atoms with Gasteiger partial charge in [0.2, 0.25) is 0 Å². The molecule has 0 saturated carbocycles. The van der Waals surface area contributed by atoms with E-state index in [2.05, 4.69) is 4.98 Å². The van der Waals surface area contributed by atoms with E-state index < -0.39 is 35.0 Å². The minimum absolute atomic E-state index is 0.286. The molecule has 1 aromatic heterocycles. The van der Waals surface area contributed by atoms with E-state index in [4.69, 9.17) is 0 Å². The Balaban J connectivity index is 2.42. The Morgan fingerprint density at radius 1 is 0.864 bits per heavy atom. The molecule has 0 fully saturated rings. The number of halogens is 6. The van der Waals surface area contributed by atoms with Gasteiger partial charge in [0.25, 0.3) is 0 Å². The van der Waals surface area contributed by atoms with Gasteiger partial charge in [-0.05, 0) is 24.3 Å². The lowest BCUT2D eigenvalue weighted by Crippen LogP contribution is -2.16. The number of carbonyl (C=O) groups is 1. The van der Waals surface area contributed by atoms with Gasteiger partial charge in [0.05, 0.1) is 11.1 Å². The number of hydrogen-bond acceptors (Lipinski definition) is 2. The van der Waals surface area contributed by atoms with Crippen molar-refractivity contribution in [3.63, 3.8) is 0 Å². The number of rotatable bonds is 2. The molecular weight excluding hydrogens is 312 g/mol. The van der Waals surface area contributed by atoms with E-state index in [0.717, 1.165) is 30.5 Å². The van der Waals surface area contributed by atoms with Crippen LogP contribution in [0.3, 0.4) is 0 Å². The Bertz CT molecular complexity index is 688. The number of nitrogens with zero attached hydrogens (tertiary/aromatic N) is 1. The normalized spacial score (nSPS) is 12.3. The summed E-state index contributed by atoms with van der Waals surface area (Å²) in [6.45, 7) is 0. The fourth-order valence-electron chi connectivity index (χ4n) is 1.78. The number of pyridine rings is 1. The molecule has 0 amide bonds. The Kier molecular flexibility index (Phi) is 3.95. The van der Waals surface area contributed by atoms with Crippen LogP contribution in [0.25, 0.3) is 0 Å². The van der Waals surface area contributed by atoms with Crippen molar-refractivity contribution in [1.82, 2.24) is 4.98 Å². The lowest BCUT2D eigenvalue weighted by Gasteiger charge is -2.11. The van der Waals surface area contributed by atoms with Gasteiger partial charge in [0.1, 0.15) is 0 Å². The van der Waals surface area contributed by atoms with Crippen LogP contribution in [0, 0.1) is 0 Å². The highest BCUT2D eigenvalue weighted by Crippen LogP contribution is 2.32. The van der Waals surface area contributed by atoms with Crippen molar-refractivity contribution in [2.45, 2.75) is 12.4 Å². The second kappa shape index (κ2) is 5.43. The monoisotopic (exact) mass is 319 g/mol. The fraction of sp³-hybridized carbons (Fsp3) is 0.143. The van der Waals surface area contributed by atoms with Gasteiger partial charge in [-0.1, -0.05) is 12.1 Å². The van der Waals surface area contributed by atoms with Crippen LogP contribution in [0.15, 0.2) is 42.6 Å². The average molecular weight is 319 g/mol. The molecule has 1 heterocycles. The molecule has 0 atom stereocenters. The van der Waals surface area contributed by atoms with Gasteiger partial charge < -0.3 is 0 Å². The van der Waals surface area contributed by atoms with Crippen molar-refractivity contribution in [2.75, 3.05) is 0 Å². The van der Waals surface area contributed by atoms with E-state index in [-0.39, 0.29) is 5.56 Å². The molecule has 116 valence electrons. The summed E-state index contributed by atoms with van der Waals surface area (Å²) in [7, 11) is 0. The summed E-state index contributed by atoms with van der Waals surface area (Å²) in [5.41, 5.74) is -3.37. The summed E-state index contributed by atoms with van der Waals surface area (Å²) >= 11 is 0. The lowest BCUT2D eigenvalue weighted by atomic mass is 10.0. The van der Waals surface area contributed by atoms with Gasteiger partial charge >= 0.3 is 12.4 Å².